The fraction of sp³-hybridized carbons (Fsp3) is 0.571. The number of carboxylic acid groups (broad SMARTS) is 1. The molecule has 1 aliphatic rings. The lowest BCUT2D eigenvalue weighted by Crippen LogP contribution is -2.31. The van der Waals surface area contributed by atoms with Crippen LogP contribution < -0.4 is 0 Å². The first-order valence-corrected chi connectivity index (χ1v) is 7.36. The van der Waals surface area contributed by atoms with Crippen LogP contribution >= 0.6 is 0 Å². The number of aromatic carboxylic acids is 1. The lowest BCUT2D eigenvalue weighted by Gasteiger charge is -2.25. The molecule has 2 aromatic heterocycles. The normalized spacial score (nSPS) is 15.2. The largest absolute Gasteiger partial charge is 0.476 e. The molecule has 0 bridgehead atoms. The number of nitrogens with one attached hydrogen (secondary N) is 1. The molecule has 0 aromatic carbocycles. The maximum Gasteiger partial charge on any atom is 0.356 e. The monoisotopic (exact) mass is 305 g/mol. The van der Waals surface area contributed by atoms with Gasteiger partial charge in [0.15, 0.2) is 11.5 Å². The maximum absolute atomic E-state index is 11.2. The van der Waals surface area contributed by atoms with E-state index in [-0.39, 0.29) is 5.69 Å². The molecule has 22 heavy (non-hydrogen) atoms. The van der Waals surface area contributed by atoms with Crippen molar-refractivity contribution < 1.29 is 14.4 Å². The molecule has 0 atom stereocenters. The van der Waals surface area contributed by atoms with Gasteiger partial charge in [-0.15, -0.1) is 0 Å². The van der Waals surface area contributed by atoms with Crippen LogP contribution in [0.2, 0.25) is 0 Å². The van der Waals surface area contributed by atoms with E-state index in [1.54, 1.807) is 0 Å². The third-order valence-corrected chi connectivity index (χ3v) is 3.67. The van der Waals surface area contributed by atoms with Crippen LogP contribution in [0.4, 0.5) is 0 Å². The van der Waals surface area contributed by atoms with Gasteiger partial charge in [-0.1, -0.05) is 19.0 Å². The number of nitrogens with zero attached hydrogens (tertiary/aromatic N) is 4. The molecule has 0 saturated carbocycles. The van der Waals surface area contributed by atoms with E-state index in [0.717, 1.165) is 30.6 Å². The minimum atomic E-state index is -1.00. The van der Waals surface area contributed by atoms with Crippen molar-refractivity contribution in [1.82, 2.24) is 25.2 Å². The van der Waals surface area contributed by atoms with Gasteiger partial charge in [0.2, 0.25) is 5.89 Å². The molecule has 0 saturated heterocycles. The van der Waals surface area contributed by atoms with Gasteiger partial charge in [-0.3, -0.25) is 10.00 Å². The number of aromatic nitrogens is 4. The van der Waals surface area contributed by atoms with Crippen molar-refractivity contribution in [2.24, 2.45) is 5.92 Å². The summed E-state index contributed by atoms with van der Waals surface area (Å²) in [6, 6.07) is 0. The molecule has 118 valence electrons. The van der Waals surface area contributed by atoms with Gasteiger partial charge < -0.3 is 9.63 Å². The first-order chi connectivity index (χ1) is 10.5. The Kier molecular flexibility index (Phi) is 3.93. The number of aromatic amines is 1. The Hall–Kier alpha value is -2.22. The van der Waals surface area contributed by atoms with E-state index in [1.165, 1.54) is 0 Å². The van der Waals surface area contributed by atoms with E-state index < -0.39 is 5.97 Å². The zero-order valence-corrected chi connectivity index (χ0v) is 12.7. The number of hydrogen-bond donors (Lipinski definition) is 2. The second-order valence-corrected chi connectivity index (χ2v) is 6.00. The van der Waals surface area contributed by atoms with Gasteiger partial charge in [0.1, 0.15) is 0 Å². The molecule has 0 radical (unpaired) electrons. The average Bonchev–Trinajstić information content (AvgIpc) is 3.04. The summed E-state index contributed by atoms with van der Waals surface area (Å²) in [7, 11) is 0. The lowest BCUT2D eigenvalue weighted by atomic mass is 10.1. The van der Waals surface area contributed by atoms with Gasteiger partial charge >= 0.3 is 5.97 Å². The zero-order valence-electron chi connectivity index (χ0n) is 12.7. The Bertz CT molecular complexity index is 676. The van der Waals surface area contributed by atoms with Crippen LogP contribution in [0.3, 0.4) is 0 Å². The van der Waals surface area contributed by atoms with Crippen LogP contribution in [0, 0.1) is 5.92 Å². The number of hydrogen-bond acceptors (Lipinski definition) is 6. The predicted octanol–water partition coefficient (Wildman–Crippen LogP) is 1.25. The predicted molar refractivity (Wildman–Crippen MR) is 76.2 cm³/mol. The summed E-state index contributed by atoms with van der Waals surface area (Å²) in [5.41, 5.74) is 1.76. The Morgan fingerprint density at radius 3 is 3.05 bits per heavy atom. The fourth-order valence-electron chi connectivity index (χ4n) is 2.65. The molecule has 2 N–H and O–H groups in total. The quantitative estimate of drug-likeness (QED) is 0.855. The molecule has 0 amide bonds. The van der Waals surface area contributed by atoms with E-state index in [2.05, 4.69) is 39.1 Å². The highest BCUT2D eigenvalue weighted by Gasteiger charge is 2.26. The highest BCUT2D eigenvalue weighted by atomic mass is 16.5. The number of rotatable bonds is 5. The van der Waals surface area contributed by atoms with E-state index in [4.69, 9.17) is 9.63 Å². The SMILES string of the molecule is CC(C)Cc1nc(CN2CCc3[nH]nc(C(=O)O)c3C2)no1. The van der Waals surface area contributed by atoms with Crippen molar-refractivity contribution >= 4 is 5.97 Å². The van der Waals surface area contributed by atoms with E-state index in [1.807, 2.05) is 0 Å². The minimum Gasteiger partial charge on any atom is -0.476 e. The Labute approximate surface area is 127 Å². The van der Waals surface area contributed by atoms with Gasteiger partial charge in [0.05, 0.1) is 6.54 Å². The van der Waals surface area contributed by atoms with Gasteiger partial charge in [-0.25, -0.2) is 4.79 Å². The molecule has 3 heterocycles. The minimum absolute atomic E-state index is 0.105. The summed E-state index contributed by atoms with van der Waals surface area (Å²) in [6.45, 7) is 6.08. The molecule has 0 unspecified atom stereocenters. The number of H-pyrrole nitrogens is 1. The van der Waals surface area contributed by atoms with Crippen LogP contribution in [0.5, 0.6) is 0 Å². The Balaban J connectivity index is 1.68. The highest BCUT2D eigenvalue weighted by Crippen LogP contribution is 2.21. The fourth-order valence-corrected chi connectivity index (χ4v) is 2.65. The third kappa shape index (κ3) is 3.01. The van der Waals surface area contributed by atoms with Crippen LogP contribution in [0.1, 0.15) is 47.3 Å². The van der Waals surface area contributed by atoms with Gasteiger partial charge in [-0.2, -0.15) is 10.1 Å². The Morgan fingerprint density at radius 1 is 1.50 bits per heavy atom. The van der Waals surface area contributed by atoms with E-state index in [0.29, 0.717) is 30.7 Å². The summed E-state index contributed by atoms with van der Waals surface area (Å²) in [5.74, 6) is 0.754. The highest BCUT2D eigenvalue weighted by molar-refractivity contribution is 5.87. The summed E-state index contributed by atoms with van der Waals surface area (Å²) >= 11 is 0. The van der Waals surface area contributed by atoms with Crippen molar-refractivity contribution in [3.8, 4) is 0 Å². The third-order valence-electron chi connectivity index (χ3n) is 3.67. The molecular formula is C14H19N5O3. The number of carboxylic acids is 1. The first-order valence-electron chi connectivity index (χ1n) is 7.36. The summed E-state index contributed by atoms with van der Waals surface area (Å²) < 4.78 is 5.23. The molecule has 3 rings (SSSR count). The van der Waals surface area contributed by atoms with E-state index in [9.17, 15) is 4.79 Å². The van der Waals surface area contributed by atoms with Crippen LogP contribution in [-0.2, 0) is 25.9 Å². The second-order valence-electron chi connectivity index (χ2n) is 6.00. The van der Waals surface area contributed by atoms with Gasteiger partial charge in [0.25, 0.3) is 0 Å². The van der Waals surface area contributed by atoms with Gasteiger partial charge in [0, 0.05) is 37.2 Å². The molecule has 0 spiro atoms. The van der Waals surface area contributed by atoms with Crippen molar-refractivity contribution in [2.45, 2.75) is 39.8 Å². The van der Waals surface area contributed by atoms with Crippen LogP contribution in [-0.4, -0.2) is 42.9 Å². The second kappa shape index (κ2) is 5.88. The molecule has 8 heteroatoms. The number of carbonyl (C=O) groups is 1. The molecule has 0 fully saturated rings. The maximum atomic E-state index is 11.2. The molecule has 8 nitrogen and oxygen atoms in total. The molecule has 0 aliphatic carbocycles. The summed E-state index contributed by atoms with van der Waals surface area (Å²) in [5, 5.41) is 19.8. The topological polar surface area (TPSA) is 108 Å². The lowest BCUT2D eigenvalue weighted by molar-refractivity contribution is 0.0687. The molecule has 1 aliphatic heterocycles. The number of fused-ring (bicyclic) bond motifs is 1. The zero-order chi connectivity index (χ0) is 15.7. The average molecular weight is 305 g/mol. The van der Waals surface area contributed by atoms with Crippen LogP contribution in [0.25, 0.3) is 0 Å². The smallest absolute Gasteiger partial charge is 0.356 e. The van der Waals surface area contributed by atoms with Gasteiger partial charge in [-0.05, 0) is 5.92 Å². The standard InChI is InChI=1S/C14H19N5O3/c1-8(2)5-12-15-11(18-22-12)7-19-4-3-10-9(6-19)13(14(20)21)17-16-10/h8H,3-7H2,1-2H3,(H,16,17)(H,20,21). The van der Waals surface area contributed by atoms with Crippen molar-refractivity contribution in [1.29, 1.82) is 0 Å². The van der Waals surface area contributed by atoms with Crippen molar-refractivity contribution in [3.63, 3.8) is 0 Å². The molecular weight excluding hydrogens is 286 g/mol. The van der Waals surface area contributed by atoms with Crippen LogP contribution in [0.15, 0.2) is 4.52 Å². The first kappa shape index (κ1) is 14.7. The van der Waals surface area contributed by atoms with E-state index >= 15 is 0 Å². The van der Waals surface area contributed by atoms with Crippen molar-refractivity contribution in [2.75, 3.05) is 6.54 Å². The summed E-state index contributed by atoms with van der Waals surface area (Å²) in [4.78, 5) is 17.7. The summed E-state index contributed by atoms with van der Waals surface area (Å²) in [6.07, 6.45) is 1.51. The van der Waals surface area contributed by atoms with Crippen molar-refractivity contribution in [3.05, 3.63) is 28.7 Å². The Morgan fingerprint density at radius 2 is 2.32 bits per heavy atom. The molecule has 2 aromatic rings.